The Kier molecular flexibility index (Phi) is 5.03. The van der Waals surface area contributed by atoms with Gasteiger partial charge in [-0.2, -0.15) is 0 Å². The standard InChI is InChI=1S/C23H18FN5S/c24-18-5-7-19(8-6-18)29-22(16-9-12-25-13-10-16)27-28-23(29)30-14-11-17-15-26-21-4-2-1-3-20(17)21/h1-10,12-13,15,26H,11,14H2. The third-order valence-corrected chi connectivity index (χ3v) is 5.86. The van der Waals surface area contributed by atoms with Gasteiger partial charge in [0.05, 0.1) is 0 Å². The molecule has 5 aromatic rings. The molecule has 0 saturated carbocycles. The highest BCUT2D eigenvalue weighted by atomic mass is 32.2. The third-order valence-electron chi connectivity index (χ3n) is 4.93. The molecule has 0 saturated heterocycles. The van der Waals surface area contributed by atoms with Crippen molar-refractivity contribution in [1.82, 2.24) is 24.7 Å². The van der Waals surface area contributed by atoms with Crippen LogP contribution in [0.1, 0.15) is 5.56 Å². The molecule has 7 heteroatoms. The molecule has 5 rings (SSSR count). The molecule has 30 heavy (non-hydrogen) atoms. The lowest BCUT2D eigenvalue weighted by Gasteiger charge is -2.10. The lowest BCUT2D eigenvalue weighted by molar-refractivity contribution is 0.627. The van der Waals surface area contributed by atoms with Crippen LogP contribution in [0, 0.1) is 5.82 Å². The highest BCUT2D eigenvalue weighted by Crippen LogP contribution is 2.29. The smallest absolute Gasteiger partial charge is 0.196 e. The molecule has 0 amide bonds. The highest BCUT2D eigenvalue weighted by molar-refractivity contribution is 7.99. The number of aryl methyl sites for hydroxylation is 1. The van der Waals surface area contributed by atoms with E-state index in [1.54, 1.807) is 36.3 Å². The van der Waals surface area contributed by atoms with Crippen LogP contribution in [-0.4, -0.2) is 30.5 Å². The van der Waals surface area contributed by atoms with Gasteiger partial charge >= 0.3 is 0 Å². The Hall–Kier alpha value is -3.45. The summed E-state index contributed by atoms with van der Waals surface area (Å²) in [5, 5.41) is 10.9. The van der Waals surface area contributed by atoms with Gasteiger partial charge in [-0.25, -0.2) is 4.39 Å². The van der Waals surface area contributed by atoms with Crippen molar-refractivity contribution in [2.24, 2.45) is 0 Å². The largest absolute Gasteiger partial charge is 0.361 e. The maximum absolute atomic E-state index is 13.5. The minimum absolute atomic E-state index is 0.272. The molecule has 0 aliphatic heterocycles. The van der Waals surface area contributed by atoms with Crippen LogP contribution in [0.25, 0.3) is 28.0 Å². The number of H-pyrrole nitrogens is 1. The molecule has 148 valence electrons. The van der Waals surface area contributed by atoms with Gasteiger partial charge in [-0.3, -0.25) is 9.55 Å². The molecule has 0 bridgehead atoms. The average molecular weight is 415 g/mol. The molecule has 5 nitrogen and oxygen atoms in total. The molecule has 0 spiro atoms. The topological polar surface area (TPSA) is 59.4 Å². The van der Waals surface area contributed by atoms with Crippen LogP contribution in [0.5, 0.6) is 0 Å². The van der Waals surface area contributed by atoms with E-state index in [0.29, 0.717) is 5.82 Å². The van der Waals surface area contributed by atoms with Gasteiger partial charge in [0, 0.05) is 46.5 Å². The van der Waals surface area contributed by atoms with Crippen molar-refractivity contribution in [3.8, 4) is 17.1 Å². The summed E-state index contributed by atoms with van der Waals surface area (Å²) in [6.07, 6.45) is 6.42. The third kappa shape index (κ3) is 3.59. The minimum atomic E-state index is -0.272. The second-order valence-corrected chi connectivity index (χ2v) is 7.87. The molecule has 3 heterocycles. The van der Waals surface area contributed by atoms with Gasteiger partial charge in [-0.05, 0) is 54.4 Å². The van der Waals surface area contributed by atoms with Gasteiger partial charge in [0.1, 0.15) is 5.82 Å². The zero-order valence-corrected chi connectivity index (χ0v) is 16.8. The van der Waals surface area contributed by atoms with Crippen LogP contribution in [-0.2, 0) is 6.42 Å². The van der Waals surface area contributed by atoms with Crippen molar-refractivity contribution in [3.63, 3.8) is 0 Å². The van der Waals surface area contributed by atoms with E-state index in [9.17, 15) is 4.39 Å². The van der Waals surface area contributed by atoms with Crippen molar-refractivity contribution < 1.29 is 4.39 Å². The van der Waals surface area contributed by atoms with Crippen LogP contribution in [0.2, 0.25) is 0 Å². The first kappa shape index (κ1) is 18.6. The lowest BCUT2D eigenvalue weighted by Crippen LogP contribution is -2.00. The Balaban J connectivity index is 1.44. The van der Waals surface area contributed by atoms with E-state index >= 15 is 0 Å². The monoisotopic (exact) mass is 415 g/mol. The van der Waals surface area contributed by atoms with E-state index in [1.807, 2.05) is 22.8 Å². The fourth-order valence-electron chi connectivity index (χ4n) is 3.47. The molecule has 0 atom stereocenters. The van der Waals surface area contributed by atoms with Crippen LogP contribution in [0.4, 0.5) is 4.39 Å². The lowest BCUT2D eigenvalue weighted by atomic mass is 10.1. The zero-order valence-electron chi connectivity index (χ0n) is 16.0. The van der Waals surface area contributed by atoms with Crippen LogP contribution in [0.15, 0.2) is 84.4 Å². The Morgan fingerprint density at radius 3 is 2.57 bits per heavy atom. The number of benzene rings is 2. The first-order valence-electron chi connectivity index (χ1n) is 9.59. The van der Waals surface area contributed by atoms with E-state index in [4.69, 9.17) is 0 Å². The number of rotatable bonds is 6. The average Bonchev–Trinajstić information content (AvgIpc) is 3.40. The van der Waals surface area contributed by atoms with Gasteiger partial charge in [0.2, 0.25) is 0 Å². The first-order chi connectivity index (χ1) is 14.8. The number of fused-ring (bicyclic) bond motifs is 1. The van der Waals surface area contributed by atoms with Crippen molar-refractivity contribution in [1.29, 1.82) is 0 Å². The number of halogens is 1. The maximum Gasteiger partial charge on any atom is 0.196 e. The van der Waals surface area contributed by atoms with Crippen LogP contribution >= 0.6 is 11.8 Å². The quantitative estimate of drug-likeness (QED) is 0.383. The van der Waals surface area contributed by atoms with Gasteiger partial charge in [-0.15, -0.1) is 10.2 Å². The summed E-state index contributed by atoms with van der Waals surface area (Å²) in [6.45, 7) is 0. The fourth-order valence-corrected chi connectivity index (χ4v) is 4.39. The summed E-state index contributed by atoms with van der Waals surface area (Å²) in [4.78, 5) is 7.40. The summed E-state index contributed by atoms with van der Waals surface area (Å²) in [5.41, 5.74) is 4.15. The van der Waals surface area contributed by atoms with E-state index in [0.717, 1.165) is 34.1 Å². The number of aromatic nitrogens is 5. The Morgan fingerprint density at radius 1 is 0.933 bits per heavy atom. The van der Waals surface area contributed by atoms with E-state index < -0.39 is 0 Å². The van der Waals surface area contributed by atoms with Crippen molar-refractivity contribution in [2.75, 3.05) is 5.75 Å². The van der Waals surface area contributed by atoms with Crippen molar-refractivity contribution >= 4 is 22.7 Å². The Labute approximate surface area is 177 Å². The van der Waals surface area contributed by atoms with Gasteiger partial charge in [0.15, 0.2) is 11.0 Å². The molecule has 0 fully saturated rings. The molecule has 0 unspecified atom stereocenters. The number of aromatic amines is 1. The summed E-state index contributed by atoms with van der Waals surface area (Å²) in [5.74, 6) is 1.28. The molecular weight excluding hydrogens is 397 g/mol. The second-order valence-electron chi connectivity index (χ2n) is 6.81. The number of thioether (sulfide) groups is 1. The Bertz CT molecular complexity index is 1280. The molecule has 1 N–H and O–H groups in total. The number of hydrogen-bond acceptors (Lipinski definition) is 4. The van der Waals surface area contributed by atoms with E-state index in [-0.39, 0.29) is 5.82 Å². The molecule has 0 radical (unpaired) electrons. The van der Waals surface area contributed by atoms with E-state index in [1.165, 1.54) is 23.1 Å². The zero-order chi connectivity index (χ0) is 20.3. The predicted molar refractivity (Wildman–Crippen MR) is 117 cm³/mol. The van der Waals surface area contributed by atoms with Crippen LogP contribution < -0.4 is 0 Å². The summed E-state index contributed by atoms with van der Waals surface area (Å²) in [6, 6.07) is 18.5. The normalized spacial score (nSPS) is 11.2. The summed E-state index contributed by atoms with van der Waals surface area (Å²) >= 11 is 1.63. The second kappa shape index (κ2) is 8.12. The Morgan fingerprint density at radius 2 is 1.73 bits per heavy atom. The molecule has 2 aromatic carbocycles. The summed E-state index contributed by atoms with van der Waals surface area (Å²) < 4.78 is 15.4. The number of para-hydroxylation sites is 1. The molecular formula is C23H18FN5S. The van der Waals surface area contributed by atoms with Crippen molar-refractivity contribution in [3.05, 3.63) is 90.6 Å². The predicted octanol–water partition coefficient (Wildman–Crippen LogP) is 5.28. The molecule has 0 aliphatic carbocycles. The summed E-state index contributed by atoms with van der Waals surface area (Å²) in [7, 11) is 0. The fraction of sp³-hybridized carbons (Fsp3) is 0.0870. The SMILES string of the molecule is Fc1ccc(-n2c(SCCc3c[nH]c4ccccc34)nnc2-c2ccncc2)cc1. The van der Waals surface area contributed by atoms with Gasteiger partial charge < -0.3 is 4.98 Å². The van der Waals surface area contributed by atoms with Gasteiger partial charge in [-0.1, -0.05) is 30.0 Å². The molecule has 0 aliphatic rings. The molecule has 3 aromatic heterocycles. The van der Waals surface area contributed by atoms with E-state index in [2.05, 4.69) is 44.6 Å². The number of hydrogen-bond donors (Lipinski definition) is 1. The maximum atomic E-state index is 13.5. The number of nitrogens with zero attached hydrogens (tertiary/aromatic N) is 4. The van der Waals surface area contributed by atoms with Crippen LogP contribution in [0.3, 0.4) is 0 Å². The van der Waals surface area contributed by atoms with Gasteiger partial charge in [0.25, 0.3) is 0 Å². The first-order valence-corrected chi connectivity index (χ1v) is 10.6. The number of nitrogens with one attached hydrogen (secondary N) is 1. The highest BCUT2D eigenvalue weighted by Gasteiger charge is 2.16. The van der Waals surface area contributed by atoms with Crippen molar-refractivity contribution in [2.45, 2.75) is 11.6 Å². The number of pyridine rings is 1. The minimum Gasteiger partial charge on any atom is -0.361 e.